The van der Waals surface area contributed by atoms with Crippen LogP contribution in [0.1, 0.15) is 58.8 Å². The maximum Gasteiger partial charge on any atom is 0.270 e. The zero-order chi connectivity index (χ0) is 15.6. The van der Waals surface area contributed by atoms with E-state index in [0.29, 0.717) is 23.7 Å². The minimum Gasteiger partial charge on any atom is -0.354 e. The number of aryl methyl sites for hydroxylation is 1. The van der Waals surface area contributed by atoms with Crippen molar-refractivity contribution in [3.63, 3.8) is 0 Å². The monoisotopic (exact) mass is 291 g/mol. The largest absolute Gasteiger partial charge is 0.354 e. The van der Waals surface area contributed by atoms with Crippen LogP contribution < -0.4 is 5.32 Å². The molecule has 0 saturated carbocycles. The van der Waals surface area contributed by atoms with Crippen LogP contribution in [0.5, 0.6) is 0 Å². The number of hydrogen-bond acceptors (Lipinski definition) is 3. The third-order valence-electron chi connectivity index (χ3n) is 4.40. The number of rotatable bonds is 4. The number of Topliss-reactive ketones (excluding diaryl/α,β-unsaturated/α-hetero) is 1. The van der Waals surface area contributed by atoms with Gasteiger partial charge in [-0.3, -0.25) is 9.59 Å². The molecule has 0 unspecified atom stereocenters. The van der Waals surface area contributed by atoms with Crippen molar-refractivity contribution in [2.24, 2.45) is 0 Å². The Morgan fingerprint density at radius 2 is 1.95 bits per heavy atom. The first-order valence-corrected chi connectivity index (χ1v) is 7.68. The highest BCUT2D eigenvalue weighted by molar-refractivity contribution is 6.02. The van der Waals surface area contributed by atoms with Crippen LogP contribution in [0.25, 0.3) is 0 Å². The van der Waals surface area contributed by atoms with Gasteiger partial charge in [0, 0.05) is 30.4 Å². The van der Waals surface area contributed by atoms with Crippen LogP contribution in [0.2, 0.25) is 0 Å². The maximum absolute atomic E-state index is 12.7. The van der Waals surface area contributed by atoms with Gasteiger partial charge in [-0.1, -0.05) is 6.92 Å². The van der Waals surface area contributed by atoms with Gasteiger partial charge in [0.15, 0.2) is 5.78 Å². The molecular weight excluding hydrogens is 266 g/mol. The standard InChI is InChI=1S/C16H25N3O2/c1-5-13-14(11(3)20)10(2)18-15(13)16(21)19-8-6-12(17-4)7-9-19/h12,17-18H,5-9H2,1-4H3. The summed E-state index contributed by atoms with van der Waals surface area (Å²) in [4.78, 5) is 29.5. The highest BCUT2D eigenvalue weighted by Crippen LogP contribution is 2.23. The van der Waals surface area contributed by atoms with Gasteiger partial charge in [-0.05, 0) is 45.7 Å². The number of nitrogens with one attached hydrogen (secondary N) is 2. The Kier molecular flexibility index (Phi) is 4.83. The topological polar surface area (TPSA) is 65.2 Å². The molecule has 1 fully saturated rings. The summed E-state index contributed by atoms with van der Waals surface area (Å²) in [6.45, 7) is 6.93. The summed E-state index contributed by atoms with van der Waals surface area (Å²) in [6.07, 6.45) is 2.64. The molecule has 21 heavy (non-hydrogen) atoms. The Balaban J connectivity index is 2.24. The fraction of sp³-hybridized carbons (Fsp3) is 0.625. The molecule has 0 bridgehead atoms. The van der Waals surface area contributed by atoms with Gasteiger partial charge in [0.1, 0.15) is 5.69 Å². The first kappa shape index (κ1) is 15.8. The average molecular weight is 291 g/mol. The predicted octanol–water partition coefficient (Wildman–Crippen LogP) is 1.91. The SMILES string of the molecule is CCc1c(C(=O)N2CCC(NC)CC2)[nH]c(C)c1C(C)=O. The lowest BCUT2D eigenvalue weighted by Crippen LogP contribution is -2.44. The van der Waals surface area contributed by atoms with Crippen molar-refractivity contribution >= 4 is 11.7 Å². The van der Waals surface area contributed by atoms with Crippen molar-refractivity contribution in [2.45, 2.75) is 46.1 Å². The van der Waals surface area contributed by atoms with Crippen molar-refractivity contribution in [1.29, 1.82) is 0 Å². The summed E-state index contributed by atoms with van der Waals surface area (Å²) in [6, 6.07) is 0.498. The number of amides is 1. The Morgan fingerprint density at radius 1 is 1.33 bits per heavy atom. The number of piperidine rings is 1. The molecule has 5 heteroatoms. The molecule has 5 nitrogen and oxygen atoms in total. The third kappa shape index (κ3) is 3.02. The van der Waals surface area contributed by atoms with E-state index in [2.05, 4.69) is 10.3 Å². The zero-order valence-electron chi connectivity index (χ0n) is 13.4. The lowest BCUT2D eigenvalue weighted by molar-refractivity contribution is 0.0701. The molecule has 1 aliphatic rings. The lowest BCUT2D eigenvalue weighted by Gasteiger charge is -2.31. The average Bonchev–Trinajstić information content (AvgIpc) is 2.83. The van der Waals surface area contributed by atoms with Crippen molar-refractivity contribution in [3.05, 3.63) is 22.5 Å². The van der Waals surface area contributed by atoms with Crippen LogP contribution in [0.4, 0.5) is 0 Å². The highest BCUT2D eigenvalue weighted by Gasteiger charge is 2.27. The minimum absolute atomic E-state index is 0.0218. The van der Waals surface area contributed by atoms with Crippen LogP contribution in [0, 0.1) is 6.92 Å². The highest BCUT2D eigenvalue weighted by atomic mass is 16.2. The van der Waals surface area contributed by atoms with E-state index in [-0.39, 0.29) is 11.7 Å². The lowest BCUT2D eigenvalue weighted by atomic mass is 10.0. The fourth-order valence-electron chi connectivity index (χ4n) is 3.22. The van der Waals surface area contributed by atoms with E-state index < -0.39 is 0 Å². The number of ketones is 1. The van der Waals surface area contributed by atoms with Gasteiger partial charge < -0.3 is 15.2 Å². The zero-order valence-corrected chi connectivity index (χ0v) is 13.4. The maximum atomic E-state index is 12.7. The second-order valence-corrected chi connectivity index (χ2v) is 5.74. The molecule has 0 radical (unpaired) electrons. The number of carbonyl (C=O) groups excluding carboxylic acids is 2. The van der Waals surface area contributed by atoms with Crippen molar-refractivity contribution < 1.29 is 9.59 Å². The molecular formula is C16H25N3O2. The van der Waals surface area contributed by atoms with Gasteiger partial charge in [-0.25, -0.2) is 0 Å². The Hall–Kier alpha value is -1.62. The van der Waals surface area contributed by atoms with Gasteiger partial charge >= 0.3 is 0 Å². The first-order valence-electron chi connectivity index (χ1n) is 7.68. The fourth-order valence-corrected chi connectivity index (χ4v) is 3.22. The molecule has 0 spiro atoms. The molecule has 1 saturated heterocycles. The summed E-state index contributed by atoms with van der Waals surface area (Å²) in [5.41, 5.74) is 2.95. The third-order valence-corrected chi connectivity index (χ3v) is 4.40. The number of aromatic amines is 1. The molecule has 2 heterocycles. The van der Waals surface area contributed by atoms with Gasteiger partial charge in [-0.15, -0.1) is 0 Å². The van der Waals surface area contributed by atoms with E-state index >= 15 is 0 Å². The first-order chi connectivity index (χ1) is 9.99. The van der Waals surface area contributed by atoms with E-state index in [4.69, 9.17) is 0 Å². The Morgan fingerprint density at radius 3 is 2.43 bits per heavy atom. The number of aromatic nitrogens is 1. The molecule has 0 aromatic carbocycles. The number of H-pyrrole nitrogens is 1. The van der Waals surface area contributed by atoms with Gasteiger partial charge in [0.05, 0.1) is 0 Å². The summed E-state index contributed by atoms with van der Waals surface area (Å²) in [5.74, 6) is 0.0468. The summed E-state index contributed by atoms with van der Waals surface area (Å²) in [5, 5.41) is 3.26. The molecule has 2 N–H and O–H groups in total. The summed E-state index contributed by atoms with van der Waals surface area (Å²) < 4.78 is 0. The van der Waals surface area contributed by atoms with E-state index in [0.717, 1.165) is 37.2 Å². The van der Waals surface area contributed by atoms with Crippen LogP contribution in [-0.4, -0.2) is 47.8 Å². The molecule has 1 aliphatic heterocycles. The normalized spacial score (nSPS) is 16.3. The number of hydrogen-bond donors (Lipinski definition) is 2. The van der Waals surface area contributed by atoms with Gasteiger partial charge in [0.25, 0.3) is 5.91 Å². The number of nitrogens with zero attached hydrogens (tertiary/aromatic N) is 1. The quantitative estimate of drug-likeness (QED) is 0.833. The summed E-state index contributed by atoms with van der Waals surface area (Å²) >= 11 is 0. The van der Waals surface area contributed by atoms with Crippen molar-refractivity contribution in [3.8, 4) is 0 Å². The number of carbonyl (C=O) groups is 2. The van der Waals surface area contributed by atoms with E-state index in [1.807, 2.05) is 25.8 Å². The molecule has 2 rings (SSSR count). The van der Waals surface area contributed by atoms with Gasteiger partial charge in [-0.2, -0.15) is 0 Å². The molecule has 0 aliphatic carbocycles. The molecule has 116 valence electrons. The number of likely N-dealkylation sites (tertiary alicyclic amines) is 1. The van der Waals surface area contributed by atoms with Crippen molar-refractivity contribution in [1.82, 2.24) is 15.2 Å². The molecule has 1 aromatic heterocycles. The second kappa shape index (κ2) is 6.43. The minimum atomic E-state index is 0.0218. The Labute approximate surface area is 126 Å². The molecule has 1 amide bonds. The smallest absolute Gasteiger partial charge is 0.270 e. The van der Waals surface area contributed by atoms with Crippen LogP contribution in [-0.2, 0) is 6.42 Å². The van der Waals surface area contributed by atoms with Crippen molar-refractivity contribution in [2.75, 3.05) is 20.1 Å². The van der Waals surface area contributed by atoms with Crippen LogP contribution in [0.15, 0.2) is 0 Å². The molecule has 0 atom stereocenters. The van der Waals surface area contributed by atoms with E-state index in [1.54, 1.807) is 6.92 Å². The second-order valence-electron chi connectivity index (χ2n) is 5.74. The predicted molar refractivity (Wildman–Crippen MR) is 82.9 cm³/mol. The van der Waals surface area contributed by atoms with E-state index in [9.17, 15) is 9.59 Å². The van der Waals surface area contributed by atoms with Crippen LogP contribution in [0.3, 0.4) is 0 Å². The Bertz CT molecular complexity index is 540. The van der Waals surface area contributed by atoms with Crippen LogP contribution >= 0.6 is 0 Å². The summed E-state index contributed by atoms with van der Waals surface area (Å²) in [7, 11) is 1.96. The van der Waals surface area contributed by atoms with E-state index in [1.165, 1.54) is 0 Å². The van der Waals surface area contributed by atoms with Gasteiger partial charge in [0.2, 0.25) is 0 Å². The molecule has 1 aromatic rings.